The van der Waals surface area contributed by atoms with Crippen LogP contribution in [-0.4, -0.2) is 37.2 Å². The van der Waals surface area contributed by atoms with Gasteiger partial charge in [-0.3, -0.25) is 14.4 Å². The molecule has 1 unspecified atom stereocenters. The van der Waals surface area contributed by atoms with Crippen LogP contribution in [0.25, 0.3) is 0 Å². The second-order valence-electron chi connectivity index (χ2n) is 20.6. The highest BCUT2D eigenvalue weighted by Gasteiger charge is 2.19. The van der Waals surface area contributed by atoms with Gasteiger partial charge >= 0.3 is 17.9 Å². The van der Waals surface area contributed by atoms with Gasteiger partial charge in [-0.15, -0.1) is 0 Å². The average Bonchev–Trinajstić information content (AvgIpc) is 3.39. The summed E-state index contributed by atoms with van der Waals surface area (Å²) < 4.78 is 16.7. The molecule has 420 valence electrons. The maximum absolute atomic E-state index is 12.8. The molecule has 0 saturated heterocycles. The van der Waals surface area contributed by atoms with Crippen molar-refractivity contribution in [2.75, 3.05) is 13.2 Å². The second kappa shape index (κ2) is 61.1. The molecule has 73 heavy (non-hydrogen) atoms. The van der Waals surface area contributed by atoms with Gasteiger partial charge in [-0.2, -0.15) is 0 Å². The molecule has 0 aromatic heterocycles. The number of unbranched alkanes of at least 4 members (excludes halogenated alkanes) is 31. The highest BCUT2D eigenvalue weighted by Crippen LogP contribution is 2.16. The molecule has 0 rings (SSSR count). The van der Waals surface area contributed by atoms with E-state index in [1.165, 1.54) is 180 Å². The first kappa shape index (κ1) is 69.6. The minimum Gasteiger partial charge on any atom is -0.462 e. The molecule has 1 atom stereocenters. The minimum atomic E-state index is -0.813. The predicted molar refractivity (Wildman–Crippen MR) is 316 cm³/mol. The molecule has 6 heteroatoms. The van der Waals surface area contributed by atoms with Crippen LogP contribution < -0.4 is 0 Å². The molecular formula is C67H116O6. The fourth-order valence-electron chi connectivity index (χ4n) is 8.76. The van der Waals surface area contributed by atoms with Gasteiger partial charge in [-0.25, -0.2) is 0 Å². The van der Waals surface area contributed by atoms with Crippen molar-refractivity contribution in [3.63, 3.8) is 0 Å². The number of carbonyl (C=O) groups is 3. The average molecular weight is 1020 g/mol. The molecule has 0 radical (unpaired) electrons. The third-order valence-electron chi connectivity index (χ3n) is 13.4. The fourth-order valence-corrected chi connectivity index (χ4v) is 8.76. The number of hydrogen-bond donors (Lipinski definition) is 0. The van der Waals surface area contributed by atoms with Gasteiger partial charge in [0, 0.05) is 19.3 Å². The number of hydrogen-bond acceptors (Lipinski definition) is 6. The van der Waals surface area contributed by atoms with Crippen LogP contribution in [0.2, 0.25) is 0 Å². The van der Waals surface area contributed by atoms with E-state index in [0.29, 0.717) is 19.3 Å². The Bertz CT molecular complexity index is 1400. The topological polar surface area (TPSA) is 78.9 Å². The molecule has 0 bridgehead atoms. The zero-order chi connectivity index (χ0) is 52.9. The molecule has 0 N–H and O–H groups in total. The van der Waals surface area contributed by atoms with E-state index in [2.05, 4.69) is 99.8 Å². The molecule has 0 saturated carbocycles. The van der Waals surface area contributed by atoms with Gasteiger partial charge < -0.3 is 14.2 Å². The molecule has 0 aliphatic heterocycles. The Morgan fingerprint density at radius 1 is 0.288 bits per heavy atom. The van der Waals surface area contributed by atoms with E-state index in [9.17, 15) is 14.4 Å². The third kappa shape index (κ3) is 59.3. The Labute approximate surface area is 452 Å². The van der Waals surface area contributed by atoms with Gasteiger partial charge in [0.15, 0.2) is 6.10 Å². The van der Waals surface area contributed by atoms with Crippen molar-refractivity contribution in [1.29, 1.82) is 0 Å². The van der Waals surface area contributed by atoms with Crippen molar-refractivity contribution in [3.05, 3.63) is 85.1 Å². The molecule has 0 aliphatic carbocycles. The standard InChI is InChI=1S/C67H116O6/c1-4-7-10-13-16-18-20-22-24-26-28-29-30-31-32-33-34-35-36-37-39-40-42-44-46-48-51-54-57-60-66(69)72-63-64(62-71-65(68)59-56-53-50-15-12-9-6-3)73-67(70)61-58-55-52-49-47-45-43-41-38-27-25-23-21-19-17-14-11-8-5-2/h8,11,17,19,23,25-26,28,38,41,45,47,52,55,64H,4-7,9-10,12-16,18,20-22,24,27,29-37,39-40,42-44,46,48-51,53-54,56-63H2,1-3H3/b11-8-,19-17-,25-23-,28-26-,41-38-,47-45-,55-52-. The largest absolute Gasteiger partial charge is 0.462 e. The van der Waals surface area contributed by atoms with Crippen molar-refractivity contribution in [1.82, 2.24) is 0 Å². The van der Waals surface area contributed by atoms with E-state index < -0.39 is 12.1 Å². The molecule has 0 fully saturated rings. The van der Waals surface area contributed by atoms with Crippen LogP contribution in [0.3, 0.4) is 0 Å². The summed E-state index contributed by atoms with van der Waals surface area (Å²) in [5.41, 5.74) is 0. The number of allylic oxidation sites excluding steroid dienone is 14. The van der Waals surface area contributed by atoms with Gasteiger partial charge in [0.05, 0.1) is 0 Å². The number of esters is 3. The summed E-state index contributed by atoms with van der Waals surface area (Å²) in [7, 11) is 0. The van der Waals surface area contributed by atoms with E-state index in [-0.39, 0.29) is 31.6 Å². The predicted octanol–water partition coefficient (Wildman–Crippen LogP) is 21.1. The summed E-state index contributed by atoms with van der Waals surface area (Å²) in [6, 6.07) is 0. The summed E-state index contributed by atoms with van der Waals surface area (Å²) in [4.78, 5) is 38.0. The summed E-state index contributed by atoms with van der Waals surface area (Å²) >= 11 is 0. The van der Waals surface area contributed by atoms with Crippen LogP contribution in [0.5, 0.6) is 0 Å². The first-order valence-corrected chi connectivity index (χ1v) is 31.1. The molecule has 0 aliphatic rings. The van der Waals surface area contributed by atoms with Crippen LogP contribution in [0.15, 0.2) is 85.1 Å². The van der Waals surface area contributed by atoms with Crippen LogP contribution in [0.4, 0.5) is 0 Å². The Hall–Kier alpha value is -3.41. The zero-order valence-electron chi connectivity index (χ0n) is 48.1. The smallest absolute Gasteiger partial charge is 0.306 e. The maximum Gasteiger partial charge on any atom is 0.306 e. The van der Waals surface area contributed by atoms with Crippen molar-refractivity contribution >= 4 is 17.9 Å². The minimum absolute atomic E-state index is 0.104. The van der Waals surface area contributed by atoms with Crippen LogP contribution in [0.1, 0.15) is 303 Å². The first-order valence-electron chi connectivity index (χ1n) is 31.1. The van der Waals surface area contributed by atoms with Crippen LogP contribution >= 0.6 is 0 Å². The molecule has 0 aromatic carbocycles. The number of carbonyl (C=O) groups excluding carboxylic acids is 3. The third-order valence-corrected chi connectivity index (χ3v) is 13.4. The van der Waals surface area contributed by atoms with Gasteiger partial charge in [0.25, 0.3) is 0 Å². The summed E-state index contributed by atoms with van der Waals surface area (Å²) in [5, 5.41) is 0. The normalized spacial score (nSPS) is 12.6. The van der Waals surface area contributed by atoms with Gasteiger partial charge in [-0.1, -0.05) is 286 Å². The molecule has 6 nitrogen and oxygen atoms in total. The van der Waals surface area contributed by atoms with E-state index in [4.69, 9.17) is 14.2 Å². The lowest BCUT2D eigenvalue weighted by molar-refractivity contribution is -0.166. The van der Waals surface area contributed by atoms with E-state index in [1.54, 1.807) is 0 Å². The highest BCUT2D eigenvalue weighted by atomic mass is 16.6. The quantitative estimate of drug-likeness (QED) is 0.0261. The molecule has 0 amide bonds. The number of rotatable bonds is 56. The van der Waals surface area contributed by atoms with E-state index in [1.807, 2.05) is 6.08 Å². The number of ether oxygens (including phenoxy) is 3. The van der Waals surface area contributed by atoms with Crippen LogP contribution in [0, 0.1) is 0 Å². The summed E-state index contributed by atoms with van der Waals surface area (Å²) in [6.45, 7) is 6.44. The van der Waals surface area contributed by atoms with E-state index >= 15 is 0 Å². The Morgan fingerprint density at radius 2 is 0.562 bits per heavy atom. The van der Waals surface area contributed by atoms with Gasteiger partial charge in [-0.05, 0) is 83.5 Å². The second-order valence-corrected chi connectivity index (χ2v) is 20.6. The molecule has 0 aromatic rings. The van der Waals surface area contributed by atoms with E-state index in [0.717, 1.165) is 77.0 Å². The Kier molecular flexibility index (Phi) is 58.3. The monoisotopic (exact) mass is 1020 g/mol. The Morgan fingerprint density at radius 3 is 0.890 bits per heavy atom. The fraction of sp³-hybridized carbons (Fsp3) is 0.746. The summed E-state index contributed by atoms with van der Waals surface area (Å²) in [5.74, 6) is -0.988. The zero-order valence-corrected chi connectivity index (χ0v) is 48.1. The highest BCUT2D eigenvalue weighted by molar-refractivity contribution is 5.71. The Balaban J connectivity index is 4.15. The molecular weight excluding hydrogens is 901 g/mol. The van der Waals surface area contributed by atoms with Gasteiger partial charge in [0.1, 0.15) is 13.2 Å². The SMILES string of the molecule is CC/C=C\C/C=C\C/C=C\C/C=C\C/C=C\C/C=C\CCC(=O)OC(COC(=O)CCCCCCCCC)COC(=O)CCCCCCCCCCCCCCCCCCC/C=C\CCCCCCCCCC. The van der Waals surface area contributed by atoms with Crippen molar-refractivity contribution in [3.8, 4) is 0 Å². The maximum atomic E-state index is 12.8. The van der Waals surface area contributed by atoms with Gasteiger partial charge in [0.2, 0.25) is 0 Å². The lowest BCUT2D eigenvalue weighted by atomic mass is 10.0. The first-order chi connectivity index (χ1) is 36.0. The van der Waals surface area contributed by atoms with Crippen molar-refractivity contribution in [2.24, 2.45) is 0 Å². The lowest BCUT2D eigenvalue weighted by Gasteiger charge is -2.18. The molecule has 0 heterocycles. The summed E-state index contributed by atoms with van der Waals surface area (Å²) in [6.07, 6.45) is 80.7. The molecule has 0 spiro atoms. The lowest BCUT2D eigenvalue weighted by Crippen LogP contribution is -2.30. The van der Waals surface area contributed by atoms with Crippen molar-refractivity contribution < 1.29 is 28.6 Å². The van der Waals surface area contributed by atoms with Crippen LogP contribution in [-0.2, 0) is 28.6 Å². The van der Waals surface area contributed by atoms with Crippen molar-refractivity contribution in [2.45, 2.75) is 309 Å².